The topological polar surface area (TPSA) is 72.7 Å². The molecule has 0 spiro atoms. The van der Waals surface area contributed by atoms with E-state index in [0.29, 0.717) is 22.8 Å². The second-order valence-corrected chi connectivity index (χ2v) is 7.63. The van der Waals surface area contributed by atoms with Crippen molar-refractivity contribution in [2.45, 2.75) is 31.7 Å². The number of rotatable bonds is 3. The highest BCUT2D eigenvalue weighted by molar-refractivity contribution is 7.91. The van der Waals surface area contributed by atoms with Gasteiger partial charge >= 0.3 is 5.97 Å². The van der Waals surface area contributed by atoms with Gasteiger partial charge in [0.05, 0.1) is 11.5 Å². The Labute approximate surface area is 131 Å². The highest BCUT2D eigenvalue weighted by atomic mass is 32.2. The first-order valence-electron chi connectivity index (χ1n) is 7.31. The number of aryl methyl sites for hydroxylation is 1. The molecule has 2 heterocycles. The Morgan fingerprint density at radius 1 is 1.55 bits per heavy atom. The van der Waals surface area contributed by atoms with Crippen molar-refractivity contribution in [3.63, 3.8) is 0 Å². The summed E-state index contributed by atoms with van der Waals surface area (Å²) in [5.41, 5.74) is 1.02. The van der Waals surface area contributed by atoms with Crippen LogP contribution in [0.1, 0.15) is 36.8 Å². The molecule has 0 radical (unpaired) electrons. The number of fused-ring (bicyclic) bond motifs is 1. The summed E-state index contributed by atoms with van der Waals surface area (Å²) in [5, 5.41) is 0. The summed E-state index contributed by atoms with van der Waals surface area (Å²) < 4.78 is 27.2. The maximum atomic E-state index is 13.2. The van der Waals surface area contributed by atoms with E-state index in [-0.39, 0.29) is 12.0 Å². The van der Waals surface area contributed by atoms with E-state index in [1.54, 1.807) is 24.7 Å². The molecule has 0 aromatic carbocycles. The molecule has 1 aliphatic heterocycles. The molecule has 0 aliphatic carbocycles. The van der Waals surface area contributed by atoms with Gasteiger partial charge in [-0.25, -0.2) is 18.1 Å². The smallest absolute Gasteiger partial charge is 0.355 e. The molecule has 1 aromatic heterocycles. The van der Waals surface area contributed by atoms with E-state index in [2.05, 4.69) is 9.08 Å². The van der Waals surface area contributed by atoms with E-state index in [0.717, 1.165) is 0 Å². The minimum absolute atomic E-state index is 0.0797. The number of hydrogen-bond donors (Lipinski definition) is 1. The van der Waals surface area contributed by atoms with E-state index in [9.17, 15) is 9.00 Å². The molecular formula is C15H23N3O3S. The third-order valence-corrected chi connectivity index (χ3v) is 5.72. The third kappa shape index (κ3) is 2.83. The van der Waals surface area contributed by atoms with Gasteiger partial charge in [-0.3, -0.25) is 0 Å². The molecular weight excluding hydrogens is 302 g/mol. The van der Waals surface area contributed by atoms with E-state index in [4.69, 9.17) is 4.74 Å². The lowest BCUT2D eigenvalue weighted by molar-refractivity contribution is 0.0515. The van der Waals surface area contributed by atoms with Crippen LogP contribution < -0.4 is 4.72 Å². The van der Waals surface area contributed by atoms with Gasteiger partial charge < -0.3 is 9.30 Å². The predicted octanol–water partition coefficient (Wildman–Crippen LogP) is 2.21. The lowest BCUT2D eigenvalue weighted by Gasteiger charge is -2.19. The first-order chi connectivity index (χ1) is 10.3. The molecule has 122 valence electrons. The number of nitrogens with one attached hydrogen (secondary N) is 1. The molecule has 0 saturated carbocycles. The van der Waals surface area contributed by atoms with Crippen LogP contribution in [0.3, 0.4) is 0 Å². The Hall–Kier alpha value is -1.60. The van der Waals surface area contributed by atoms with E-state index in [1.165, 1.54) is 7.05 Å². The van der Waals surface area contributed by atoms with E-state index in [1.807, 2.05) is 26.0 Å². The quantitative estimate of drug-likeness (QED) is 0.866. The molecule has 1 unspecified atom stereocenters. The third-order valence-electron chi connectivity index (χ3n) is 3.69. The SMILES string of the molecule is CCOC(=O)c1c2c(cn1C)S(=O)(=NC)N[C@@H](C(C)C)C=C2. The first-order valence-corrected chi connectivity index (χ1v) is 8.82. The van der Waals surface area contributed by atoms with E-state index >= 15 is 0 Å². The Balaban J connectivity index is 2.67. The fraction of sp³-hybridized carbons (Fsp3) is 0.533. The molecule has 6 nitrogen and oxygen atoms in total. The van der Waals surface area contributed by atoms with Gasteiger partial charge in [0.2, 0.25) is 0 Å². The molecule has 2 atom stereocenters. The van der Waals surface area contributed by atoms with Crippen molar-refractivity contribution in [3.8, 4) is 0 Å². The maximum absolute atomic E-state index is 13.2. The molecule has 0 amide bonds. The Bertz CT molecular complexity index is 725. The van der Waals surface area contributed by atoms with Crippen molar-refractivity contribution in [1.82, 2.24) is 9.29 Å². The predicted molar refractivity (Wildman–Crippen MR) is 86.9 cm³/mol. The van der Waals surface area contributed by atoms with Crippen LogP contribution in [0.4, 0.5) is 0 Å². The highest BCUT2D eigenvalue weighted by Crippen LogP contribution is 2.29. The lowest BCUT2D eigenvalue weighted by Crippen LogP contribution is -2.36. The molecule has 0 fully saturated rings. The van der Waals surface area contributed by atoms with Gasteiger partial charge in [0.1, 0.15) is 15.6 Å². The molecule has 1 aliphatic rings. The zero-order valence-corrected chi connectivity index (χ0v) is 14.4. The van der Waals surface area contributed by atoms with Crippen LogP contribution in [-0.2, 0) is 21.7 Å². The largest absolute Gasteiger partial charge is 0.461 e. The number of esters is 1. The Morgan fingerprint density at radius 2 is 2.23 bits per heavy atom. The van der Waals surface area contributed by atoms with Gasteiger partial charge in [0.15, 0.2) is 0 Å². The van der Waals surface area contributed by atoms with Crippen molar-refractivity contribution in [3.05, 3.63) is 23.5 Å². The first kappa shape index (κ1) is 16.8. The molecule has 0 bridgehead atoms. The molecule has 2 rings (SSSR count). The second kappa shape index (κ2) is 6.26. The Morgan fingerprint density at radius 3 is 2.77 bits per heavy atom. The molecule has 22 heavy (non-hydrogen) atoms. The van der Waals surface area contributed by atoms with Crippen LogP contribution in [0.5, 0.6) is 0 Å². The minimum Gasteiger partial charge on any atom is -0.461 e. The maximum Gasteiger partial charge on any atom is 0.355 e. The highest BCUT2D eigenvalue weighted by Gasteiger charge is 2.30. The van der Waals surface area contributed by atoms with Crippen molar-refractivity contribution < 1.29 is 13.7 Å². The Kier molecular flexibility index (Phi) is 4.77. The standard InChI is InChI=1S/C15H23N3O3S/c1-6-21-15(19)14-11-7-8-12(10(2)3)17-22(20,16-4)13(11)9-18(14)5/h7-10,12H,6H2,1-5H3,(H,16,17,20)/t12-,22?/m1/s1. The van der Waals surface area contributed by atoms with Gasteiger partial charge in [0, 0.05) is 31.9 Å². The summed E-state index contributed by atoms with van der Waals surface area (Å²) in [6, 6.07) is -0.0797. The van der Waals surface area contributed by atoms with Crippen LogP contribution in [0.25, 0.3) is 6.08 Å². The van der Waals surface area contributed by atoms with Crippen molar-refractivity contribution >= 4 is 22.0 Å². The fourth-order valence-electron chi connectivity index (χ4n) is 2.45. The monoisotopic (exact) mass is 325 g/mol. The average molecular weight is 325 g/mol. The van der Waals surface area contributed by atoms with Gasteiger partial charge in [-0.05, 0) is 12.8 Å². The normalized spacial score (nSPS) is 24.0. The number of ether oxygens (including phenoxy) is 1. The van der Waals surface area contributed by atoms with Crippen LogP contribution in [0.15, 0.2) is 21.5 Å². The summed E-state index contributed by atoms with van der Waals surface area (Å²) in [6.45, 7) is 6.14. The summed E-state index contributed by atoms with van der Waals surface area (Å²) in [5.74, 6) is -0.167. The summed E-state index contributed by atoms with van der Waals surface area (Å²) in [6.07, 6.45) is 5.47. The molecule has 0 saturated heterocycles. The van der Waals surface area contributed by atoms with Gasteiger partial charge in [0.25, 0.3) is 0 Å². The zero-order valence-electron chi connectivity index (χ0n) is 13.6. The van der Waals surface area contributed by atoms with E-state index < -0.39 is 15.9 Å². The van der Waals surface area contributed by atoms with Crippen LogP contribution in [0, 0.1) is 5.92 Å². The summed E-state index contributed by atoms with van der Waals surface area (Å²) in [7, 11) is 0.483. The minimum atomic E-state index is -2.78. The lowest BCUT2D eigenvalue weighted by atomic mass is 10.0. The van der Waals surface area contributed by atoms with Crippen LogP contribution in [0.2, 0.25) is 0 Å². The molecule has 1 aromatic rings. The number of carbonyl (C=O) groups is 1. The second-order valence-electron chi connectivity index (χ2n) is 5.54. The number of aromatic nitrogens is 1. The average Bonchev–Trinajstić information content (AvgIpc) is 2.73. The number of carbonyl (C=O) groups excluding carboxylic acids is 1. The van der Waals surface area contributed by atoms with Gasteiger partial charge in [-0.2, -0.15) is 0 Å². The zero-order chi connectivity index (χ0) is 16.5. The van der Waals surface area contributed by atoms with Crippen molar-refractivity contribution in [1.29, 1.82) is 0 Å². The fourth-order valence-corrected chi connectivity index (χ4v) is 4.36. The van der Waals surface area contributed by atoms with Gasteiger partial charge in [-0.15, -0.1) is 0 Å². The number of hydrogen-bond acceptors (Lipinski definition) is 4. The van der Waals surface area contributed by atoms with Gasteiger partial charge in [-0.1, -0.05) is 26.0 Å². The van der Waals surface area contributed by atoms with Crippen molar-refractivity contribution in [2.75, 3.05) is 13.7 Å². The van der Waals surface area contributed by atoms with Crippen LogP contribution >= 0.6 is 0 Å². The van der Waals surface area contributed by atoms with Crippen LogP contribution in [-0.4, -0.2) is 34.4 Å². The number of nitrogens with zero attached hydrogens (tertiary/aromatic N) is 2. The summed E-state index contributed by atoms with van der Waals surface area (Å²) >= 11 is 0. The molecule has 7 heteroatoms. The van der Waals surface area contributed by atoms with Crippen molar-refractivity contribution in [2.24, 2.45) is 17.3 Å². The summed E-state index contributed by atoms with van der Waals surface area (Å²) in [4.78, 5) is 12.7. The molecule has 1 N–H and O–H groups in total.